The van der Waals surface area contributed by atoms with Gasteiger partial charge in [-0.3, -0.25) is 14.9 Å². The molecule has 1 rings (SSSR count). The van der Waals surface area contributed by atoms with Crippen molar-refractivity contribution in [1.29, 1.82) is 0 Å². The number of nitro groups is 1. The normalized spacial score (nSPS) is 11.9. The number of anilines is 1. The molecule has 7 heteroatoms. The first-order chi connectivity index (χ1) is 8.93. The molecule has 0 saturated heterocycles. The Labute approximate surface area is 110 Å². The molecule has 3 N–H and O–H groups in total. The van der Waals surface area contributed by atoms with Crippen LogP contribution in [0.1, 0.15) is 20.3 Å². The zero-order valence-electron chi connectivity index (χ0n) is 10.8. The fourth-order valence-electron chi connectivity index (χ4n) is 1.34. The van der Waals surface area contributed by atoms with Crippen LogP contribution in [0.25, 0.3) is 0 Å². The smallest absolute Gasteiger partial charge is 0.271 e. The zero-order valence-corrected chi connectivity index (χ0v) is 10.8. The summed E-state index contributed by atoms with van der Waals surface area (Å²) in [5, 5.41) is 25.5. The number of non-ortho nitro benzene ring substituents is 1. The maximum absolute atomic E-state index is 11.6. The predicted molar refractivity (Wildman–Crippen MR) is 71.1 cm³/mol. The Morgan fingerprint density at radius 3 is 2.79 bits per heavy atom. The topological polar surface area (TPSA) is 104 Å². The Bertz CT molecular complexity index is 476. The van der Waals surface area contributed by atoms with Gasteiger partial charge in [0.05, 0.1) is 17.2 Å². The molecule has 0 aromatic heterocycles. The summed E-state index contributed by atoms with van der Waals surface area (Å²) in [6, 6.07) is 3.67. The van der Waals surface area contributed by atoms with E-state index in [1.807, 2.05) is 13.8 Å². The average molecular weight is 267 g/mol. The first-order valence-corrected chi connectivity index (χ1v) is 5.94. The zero-order chi connectivity index (χ0) is 14.4. The summed E-state index contributed by atoms with van der Waals surface area (Å²) >= 11 is 0. The van der Waals surface area contributed by atoms with Crippen molar-refractivity contribution in [3.05, 3.63) is 28.3 Å². The molecule has 0 fully saturated rings. The third-order valence-corrected chi connectivity index (χ3v) is 2.69. The summed E-state index contributed by atoms with van der Waals surface area (Å²) < 4.78 is 0. The highest BCUT2D eigenvalue weighted by Crippen LogP contribution is 2.27. The molecule has 0 aliphatic carbocycles. The molecule has 1 atom stereocenters. The van der Waals surface area contributed by atoms with Gasteiger partial charge in [0.25, 0.3) is 5.69 Å². The molecule has 1 aromatic carbocycles. The molecule has 7 nitrogen and oxygen atoms in total. The summed E-state index contributed by atoms with van der Waals surface area (Å²) in [7, 11) is 0. The minimum absolute atomic E-state index is 0.0325. The summed E-state index contributed by atoms with van der Waals surface area (Å²) in [5.74, 6) is -0.571. The van der Waals surface area contributed by atoms with E-state index in [0.717, 1.165) is 12.5 Å². The predicted octanol–water partition coefficient (Wildman–Crippen LogP) is 1.63. The molecule has 0 aliphatic heterocycles. The molecule has 0 saturated carbocycles. The van der Waals surface area contributed by atoms with Crippen LogP contribution in [0.15, 0.2) is 18.2 Å². The summed E-state index contributed by atoms with van der Waals surface area (Å²) in [5.41, 5.74) is -0.159. The van der Waals surface area contributed by atoms with E-state index in [9.17, 15) is 20.0 Å². The number of nitro benzene ring substituents is 1. The summed E-state index contributed by atoms with van der Waals surface area (Å²) in [6.07, 6.45) is 0.884. The van der Waals surface area contributed by atoms with Crippen LogP contribution >= 0.6 is 0 Å². The van der Waals surface area contributed by atoms with E-state index in [1.54, 1.807) is 0 Å². The molecule has 1 amide bonds. The van der Waals surface area contributed by atoms with Gasteiger partial charge in [-0.15, -0.1) is 0 Å². The average Bonchev–Trinajstić information content (AvgIpc) is 2.38. The standard InChI is InChI=1S/C12H17N3O4/c1-3-8(2)13-7-12(17)14-10-6-9(15(18)19)4-5-11(10)16/h4-6,8,13,16H,3,7H2,1-2H3,(H,14,17). The van der Waals surface area contributed by atoms with Crippen molar-refractivity contribution in [2.45, 2.75) is 26.3 Å². The maximum atomic E-state index is 11.6. The molecular weight excluding hydrogens is 250 g/mol. The first-order valence-electron chi connectivity index (χ1n) is 5.94. The van der Waals surface area contributed by atoms with Gasteiger partial charge in [0.1, 0.15) is 5.75 Å². The fourth-order valence-corrected chi connectivity index (χ4v) is 1.34. The highest BCUT2D eigenvalue weighted by Gasteiger charge is 2.12. The third-order valence-electron chi connectivity index (χ3n) is 2.69. The van der Waals surface area contributed by atoms with Crippen molar-refractivity contribution in [3.63, 3.8) is 0 Å². The Morgan fingerprint density at radius 1 is 1.53 bits per heavy atom. The lowest BCUT2D eigenvalue weighted by atomic mass is 10.2. The number of hydrogen-bond acceptors (Lipinski definition) is 5. The van der Waals surface area contributed by atoms with Crippen molar-refractivity contribution in [3.8, 4) is 5.75 Å². The van der Waals surface area contributed by atoms with Gasteiger partial charge in [-0.1, -0.05) is 6.92 Å². The highest BCUT2D eigenvalue weighted by atomic mass is 16.6. The summed E-state index contributed by atoms with van der Waals surface area (Å²) in [4.78, 5) is 21.6. The number of phenolic OH excluding ortho intramolecular Hbond substituents is 1. The monoisotopic (exact) mass is 267 g/mol. The molecule has 0 aliphatic rings. The third kappa shape index (κ3) is 4.55. The second kappa shape index (κ2) is 6.69. The van der Waals surface area contributed by atoms with Gasteiger partial charge in [0.2, 0.25) is 5.91 Å². The van der Waals surface area contributed by atoms with E-state index < -0.39 is 4.92 Å². The van der Waals surface area contributed by atoms with Gasteiger partial charge in [0, 0.05) is 18.2 Å². The SMILES string of the molecule is CCC(C)NCC(=O)Nc1cc([N+](=O)[O-])ccc1O. The van der Waals surface area contributed by atoms with Gasteiger partial charge in [-0.25, -0.2) is 0 Å². The molecule has 0 heterocycles. The molecule has 1 aromatic rings. The lowest BCUT2D eigenvalue weighted by Gasteiger charge is -2.11. The van der Waals surface area contributed by atoms with Crippen molar-refractivity contribution in [2.75, 3.05) is 11.9 Å². The van der Waals surface area contributed by atoms with E-state index >= 15 is 0 Å². The molecule has 104 valence electrons. The number of hydrogen-bond donors (Lipinski definition) is 3. The largest absolute Gasteiger partial charge is 0.506 e. The van der Waals surface area contributed by atoms with Crippen molar-refractivity contribution >= 4 is 17.3 Å². The van der Waals surface area contributed by atoms with Crippen LogP contribution in [-0.4, -0.2) is 28.5 Å². The quantitative estimate of drug-likeness (QED) is 0.413. The van der Waals surface area contributed by atoms with Crippen LogP contribution in [0.4, 0.5) is 11.4 Å². The lowest BCUT2D eigenvalue weighted by molar-refractivity contribution is -0.384. The van der Waals surface area contributed by atoms with E-state index in [0.29, 0.717) is 0 Å². The Kier molecular flexibility index (Phi) is 5.25. The Hall–Kier alpha value is -2.15. The molecule has 0 bridgehead atoms. The Morgan fingerprint density at radius 2 is 2.21 bits per heavy atom. The number of carbonyl (C=O) groups excluding carboxylic acids is 1. The van der Waals surface area contributed by atoms with Crippen LogP contribution in [0.2, 0.25) is 0 Å². The van der Waals surface area contributed by atoms with Crippen LogP contribution in [-0.2, 0) is 4.79 Å². The number of benzene rings is 1. The fraction of sp³-hybridized carbons (Fsp3) is 0.417. The van der Waals surface area contributed by atoms with E-state index in [2.05, 4.69) is 10.6 Å². The van der Waals surface area contributed by atoms with E-state index in [-0.39, 0.29) is 35.6 Å². The van der Waals surface area contributed by atoms with E-state index in [1.165, 1.54) is 12.1 Å². The van der Waals surface area contributed by atoms with Gasteiger partial charge in [0.15, 0.2) is 0 Å². The van der Waals surface area contributed by atoms with Crippen LogP contribution in [0.5, 0.6) is 5.75 Å². The number of amides is 1. The summed E-state index contributed by atoms with van der Waals surface area (Å²) in [6.45, 7) is 4.01. The molecule has 1 unspecified atom stereocenters. The number of rotatable bonds is 6. The number of nitrogens with zero attached hydrogens (tertiary/aromatic N) is 1. The number of nitrogens with one attached hydrogen (secondary N) is 2. The van der Waals surface area contributed by atoms with Crippen molar-refractivity contribution in [1.82, 2.24) is 5.32 Å². The number of phenols is 1. The number of carbonyl (C=O) groups is 1. The van der Waals surface area contributed by atoms with Crippen LogP contribution < -0.4 is 10.6 Å². The molecule has 0 spiro atoms. The Balaban J connectivity index is 2.68. The number of aromatic hydroxyl groups is 1. The lowest BCUT2D eigenvalue weighted by Crippen LogP contribution is -2.33. The second-order valence-corrected chi connectivity index (χ2v) is 4.20. The second-order valence-electron chi connectivity index (χ2n) is 4.20. The van der Waals surface area contributed by atoms with Gasteiger partial charge in [-0.05, 0) is 19.4 Å². The molecule has 19 heavy (non-hydrogen) atoms. The minimum Gasteiger partial charge on any atom is -0.506 e. The van der Waals surface area contributed by atoms with Gasteiger partial charge < -0.3 is 15.7 Å². The highest BCUT2D eigenvalue weighted by molar-refractivity contribution is 5.94. The van der Waals surface area contributed by atoms with E-state index in [4.69, 9.17) is 0 Å². The minimum atomic E-state index is -0.591. The maximum Gasteiger partial charge on any atom is 0.271 e. The molecule has 0 radical (unpaired) electrons. The van der Waals surface area contributed by atoms with Crippen LogP contribution in [0.3, 0.4) is 0 Å². The van der Waals surface area contributed by atoms with Crippen molar-refractivity contribution < 1.29 is 14.8 Å². The molecular formula is C12H17N3O4. The van der Waals surface area contributed by atoms with Gasteiger partial charge in [-0.2, -0.15) is 0 Å². The van der Waals surface area contributed by atoms with Gasteiger partial charge >= 0.3 is 0 Å². The van der Waals surface area contributed by atoms with Crippen LogP contribution in [0, 0.1) is 10.1 Å². The first kappa shape index (κ1) is 14.9. The van der Waals surface area contributed by atoms with Crippen molar-refractivity contribution in [2.24, 2.45) is 0 Å².